The second-order valence-corrected chi connectivity index (χ2v) is 9.98. The Balaban J connectivity index is 2.11. The number of alkyl halides is 3. The van der Waals surface area contributed by atoms with Crippen molar-refractivity contribution in [2.45, 2.75) is 49.1 Å². The first-order valence-electron chi connectivity index (χ1n) is 8.40. The van der Waals surface area contributed by atoms with E-state index in [1.54, 1.807) is 20.8 Å². The Labute approximate surface area is 166 Å². The Morgan fingerprint density at radius 2 is 1.93 bits per heavy atom. The number of carbonyl (C=O) groups is 1. The van der Waals surface area contributed by atoms with Crippen LogP contribution in [-0.2, 0) is 14.6 Å². The summed E-state index contributed by atoms with van der Waals surface area (Å²) in [6.07, 6.45) is -4.93. The zero-order valence-corrected chi connectivity index (χ0v) is 17.1. The Bertz CT molecular complexity index is 836. The summed E-state index contributed by atoms with van der Waals surface area (Å²) in [5.41, 5.74) is -0.705. The molecule has 11 heteroatoms. The van der Waals surface area contributed by atoms with Crippen molar-refractivity contribution in [2.75, 3.05) is 19.7 Å². The fourth-order valence-electron chi connectivity index (χ4n) is 2.62. The van der Waals surface area contributed by atoms with E-state index in [1.807, 2.05) is 0 Å². The van der Waals surface area contributed by atoms with Gasteiger partial charge in [0, 0.05) is 19.2 Å². The third kappa shape index (κ3) is 5.91. The molecule has 0 N–H and O–H groups in total. The molecule has 1 aliphatic rings. The number of amides is 1. The summed E-state index contributed by atoms with van der Waals surface area (Å²) in [6, 6.07) is 3.26. The summed E-state index contributed by atoms with van der Waals surface area (Å²) in [5, 5.41) is -1.13. The van der Waals surface area contributed by atoms with Gasteiger partial charge in [-0.1, -0.05) is 11.6 Å². The molecule has 1 saturated heterocycles. The Kier molecular flexibility index (Phi) is 6.44. The fourth-order valence-corrected chi connectivity index (χ4v) is 4.85. The number of benzene rings is 1. The molecule has 1 aromatic rings. The second-order valence-electron chi connectivity index (χ2n) is 7.38. The topological polar surface area (TPSA) is 72.9 Å². The molecule has 1 aromatic carbocycles. The van der Waals surface area contributed by atoms with Crippen molar-refractivity contribution in [3.8, 4) is 5.75 Å². The van der Waals surface area contributed by atoms with Crippen molar-refractivity contribution in [1.29, 1.82) is 0 Å². The van der Waals surface area contributed by atoms with Crippen molar-refractivity contribution in [3.63, 3.8) is 0 Å². The van der Waals surface area contributed by atoms with Crippen LogP contribution in [0.25, 0.3) is 0 Å². The van der Waals surface area contributed by atoms with Crippen molar-refractivity contribution < 1.29 is 35.9 Å². The predicted molar refractivity (Wildman–Crippen MR) is 96.4 cm³/mol. The van der Waals surface area contributed by atoms with Gasteiger partial charge in [-0.3, -0.25) is 0 Å². The van der Waals surface area contributed by atoms with Gasteiger partial charge in [0.15, 0.2) is 16.4 Å². The van der Waals surface area contributed by atoms with Crippen LogP contribution in [0.2, 0.25) is 5.02 Å². The van der Waals surface area contributed by atoms with Gasteiger partial charge in [-0.2, -0.15) is 13.2 Å². The lowest BCUT2D eigenvalue weighted by Gasteiger charge is -2.24. The van der Waals surface area contributed by atoms with Gasteiger partial charge in [-0.05, 0) is 39.3 Å². The summed E-state index contributed by atoms with van der Waals surface area (Å²) in [5.74, 6) is -0.192. The Morgan fingerprint density at radius 1 is 1.29 bits per heavy atom. The first kappa shape index (κ1) is 22.6. The van der Waals surface area contributed by atoms with E-state index >= 15 is 0 Å². The van der Waals surface area contributed by atoms with Gasteiger partial charge in [-0.15, -0.1) is 0 Å². The number of hydrogen-bond donors (Lipinski definition) is 0. The summed E-state index contributed by atoms with van der Waals surface area (Å²) in [4.78, 5) is 13.2. The standard InChI is InChI=1S/C17H21ClF3NO5S/c1-16(2,3)27-15(23)22-7-6-12(9-22)28(24,25)14-5-4-11(8-13(14)18)26-10-17(19,20)21/h4-5,8,12H,6-7,9-10H2,1-3H3/t12-/m0/s1. The first-order chi connectivity index (χ1) is 12.7. The molecule has 0 spiro atoms. The molecular weight excluding hydrogens is 423 g/mol. The van der Waals surface area contributed by atoms with Crippen molar-refractivity contribution in [2.24, 2.45) is 0 Å². The van der Waals surface area contributed by atoms with E-state index in [4.69, 9.17) is 16.3 Å². The Hall–Kier alpha value is -1.68. The van der Waals surface area contributed by atoms with Crippen molar-refractivity contribution in [1.82, 2.24) is 4.90 Å². The third-order valence-corrected chi connectivity index (χ3v) is 6.50. The maximum atomic E-state index is 12.9. The third-order valence-electron chi connectivity index (χ3n) is 3.85. The maximum absolute atomic E-state index is 12.9. The smallest absolute Gasteiger partial charge is 0.422 e. The highest BCUT2D eigenvalue weighted by Crippen LogP contribution is 2.32. The van der Waals surface area contributed by atoms with Gasteiger partial charge in [0.05, 0.1) is 15.2 Å². The van der Waals surface area contributed by atoms with Crippen LogP contribution in [0.4, 0.5) is 18.0 Å². The van der Waals surface area contributed by atoms with E-state index in [9.17, 15) is 26.4 Å². The monoisotopic (exact) mass is 443 g/mol. The number of halogens is 4. The Morgan fingerprint density at radius 3 is 2.46 bits per heavy atom. The highest BCUT2D eigenvalue weighted by Gasteiger charge is 2.38. The van der Waals surface area contributed by atoms with Gasteiger partial charge >= 0.3 is 12.3 Å². The molecule has 1 heterocycles. The summed E-state index contributed by atoms with van der Waals surface area (Å²) < 4.78 is 72.2. The summed E-state index contributed by atoms with van der Waals surface area (Å²) in [6.45, 7) is 3.76. The lowest BCUT2D eigenvalue weighted by Crippen LogP contribution is -2.36. The molecule has 2 rings (SSSR count). The van der Waals surface area contributed by atoms with Crippen LogP contribution in [0, 0.1) is 0 Å². The molecule has 28 heavy (non-hydrogen) atoms. The lowest BCUT2D eigenvalue weighted by atomic mass is 10.2. The fraction of sp³-hybridized carbons (Fsp3) is 0.588. The normalized spacial score (nSPS) is 18.2. The molecular formula is C17H21ClF3NO5S. The first-order valence-corrected chi connectivity index (χ1v) is 10.3. The van der Waals surface area contributed by atoms with E-state index in [0.29, 0.717) is 0 Å². The molecule has 0 radical (unpaired) electrons. The largest absolute Gasteiger partial charge is 0.484 e. The number of sulfone groups is 1. The highest BCUT2D eigenvalue weighted by molar-refractivity contribution is 7.92. The van der Waals surface area contributed by atoms with Crippen LogP contribution in [0.1, 0.15) is 27.2 Å². The quantitative estimate of drug-likeness (QED) is 0.701. The lowest BCUT2D eigenvalue weighted by molar-refractivity contribution is -0.153. The number of likely N-dealkylation sites (tertiary alicyclic amines) is 1. The van der Waals surface area contributed by atoms with Crippen molar-refractivity contribution >= 4 is 27.5 Å². The average molecular weight is 444 g/mol. The van der Waals surface area contributed by atoms with Crippen LogP contribution < -0.4 is 4.74 Å². The molecule has 158 valence electrons. The molecule has 1 amide bonds. The molecule has 1 atom stereocenters. The molecule has 0 unspecified atom stereocenters. The molecule has 6 nitrogen and oxygen atoms in total. The summed E-state index contributed by atoms with van der Waals surface area (Å²) in [7, 11) is -3.90. The minimum Gasteiger partial charge on any atom is -0.484 e. The van der Waals surface area contributed by atoms with Gasteiger partial charge in [0.25, 0.3) is 0 Å². The predicted octanol–water partition coefficient (Wildman–Crippen LogP) is 4.06. The van der Waals surface area contributed by atoms with E-state index in [2.05, 4.69) is 4.74 Å². The number of nitrogens with zero attached hydrogens (tertiary/aromatic N) is 1. The van der Waals surface area contributed by atoms with Crippen LogP contribution in [0.15, 0.2) is 23.1 Å². The minimum atomic E-state index is -4.52. The van der Waals surface area contributed by atoms with Crippen LogP contribution in [0.5, 0.6) is 5.75 Å². The molecule has 0 aliphatic carbocycles. The number of carbonyl (C=O) groups excluding carboxylic acids is 1. The van der Waals surface area contributed by atoms with Gasteiger partial charge < -0.3 is 14.4 Å². The molecule has 0 saturated carbocycles. The molecule has 1 aliphatic heterocycles. The zero-order valence-electron chi connectivity index (χ0n) is 15.5. The van der Waals surface area contributed by atoms with E-state index in [-0.39, 0.29) is 35.2 Å². The van der Waals surface area contributed by atoms with Gasteiger partial charge in [0.2, 0.25) is 0 Å². The second kappa shape index (κ2) is 7.98. The van der Waals surface area contributed by atoms with Crippen molar-refractivity contribution in [3.05, 3.63) is 23.2 Å². The van der Waals surface area contributed by atoms with Gasteiger partial charge in [0.1, 0.15) is 11.4 Å². The zero-order chi connectivity index (χ0) is 21.3. The van der Waals surface area contributed by atoms with Gasteiger partial charge in [-0.25, -0.2) is 13.2 Å². The van der Waals surface area contributed by atoms with Crippen LogP contribution >= 0.6 is 11.6 Å². The molecule has 0 bridgehead atoms. The minimum absolute atomic E-state index is 0.0557. The summed E-state index contributed by atoms with van der Waals surface area (Å²) >= 11 is 5.98. The highest BCUT2D eigenvalue weighted by atomic mass is 35.5. The van der Waals surface area contributed by atoms with E-state index < -0.39 is 39.6 Å². The molecule has 0 aromatic heterocycles. The van der Waals surface area contributed by atoms with Crippen LogP contribution in [-0.4, -0.2) is 56.1 Å². The molecule has 1 fully saturated rings. The number of ether oxygens (including phenoxy) is 2. The average Bonchev–Trinajstić information content (AvgIpc) is 3.01. The SMILES string of the molecule is CC(C)(C)OC(=O)N1CC[C@H](S(=O)(=O)c2ccc(OCC(F)(F)F)cc2Cl)C1. The number of hydrogen-bond acceptors (Lipinski definition) is 5. The number of rotatable bonds is 4. The van der Waals surface area contributed by atoms with E-state index in [1.165, 1.54) is 4.90 Å². The van der Waals surface area contributed by atoms with E-state index in [0.717, 1.165) is 18.2 Å². The van der Waals surface area contributed by atoms with Crippen LogP contribution in [0.3, 0.4) is 0 Å². The maximum Gasteiger partial charge on any atom is 0.422 e.